The molecular formula is C14H23ClN2O3. The van der Waals surface area contributed by atoms with Gasteiger partial charge in [0.1, 0.15) is 5.75 Å². The third kappa shape index (κ3) is 6.07. The third-order valence-corrected chi connectivity index (χ3v) is 3.22. The summed E-state index contributed by atoms with van der Waals surface area (Å²) in [6, 6.07) is 5.67. The standard InChI is InChI=1S/C14H23ClN2O3/c1-18-7-8-20-6-5-13(17-16)10-11-9-12(15)3-4-14(11)19-2/h3-4,9,13,17H,5-8,10,16H2,1-2H3. The number of benzene rings is 1. The van der Waals surface area contributed by atoms with Crippen LogP contribution in [-0.4, -0.2) is 40.1 Å². The number of ether oxygens (including phenoxy) is 3. The van der Waals surface area contributed by atoms with Crippen molar-refractivity contribution in [3.63, 3.8) is 0 Å². The molecular weight excluding hydrogens is 280 g/mol. The van der Waals surface area contributed by atoms with Gasteiger partial charge >= 0.3 is 0 Å². The minimum absolute atomic E-state index is 0.102. The Kier molecular flexibility index (Phi) is 8.57. The lowest BCUT2D eigenvalue weighted by Gasteiger charge is -2.18. The van der Waals surface area contributed by atoms with Gasteiger partial charge in [0, 0.05) is 24.8 Å². The molecule has 1 rings (SSSR count). The summed E-state index contributed by atoms with van der Waals surface area (Å²) in [5, 5.41) is 0.688. The molecule has 1 aromatic rings. The number of hydrazine groups is 1. The molecule has 114 valence electrons. The zero-order valence-electron chi connectivity index (χ0n) is 12.0. The fraction of sp³-hybridized carbons (Fsp3) is 0.571. The predicted molar refractivity (Wildman–Crippen MR) is 80.1 cm³/mol. The highest BCUT2D eigenvalue weighted by molar-refractivity contribution is 6.30. The lowest BCUT2D eigenvalue weighted by molar-refractivity contribution is 0.0658. The van der Waals surface area contributed by atoms with Gasteiger partial charge in [-0.25, -0.2) is 0 Å². The van der Waals surface area contributed by atoms with E-state index in [1.54, 1.807) is 14.2 Å². The molecule has 0 bridgehead atoms. The minimum Gasteiger partial charge on any atom is -0.496 e. The summed E-state index contributed by atoms with van der Waals surface area (Å²) in [5.41, 5.74) is 3.83. The second kappa shape index (κ2) is 9.96. The molecule has 0 heterocycles. The van der Waals surface area contributed by atoms with E-state index in [2.05, 4.69) is 5.43 Å². The fourth-order valence-corrected chi connectivity index (χ4v) is 2.08. The van der Waals surface area contributed by atoms with Crippen LogP contribution in [0, 0.1) is 0 Å². The Morgan fingerprint density at radius 1 is 1.25 bits per heavy atom. The van der Waals surface area contributed by atoms with E-state index in [0.717, 1.165) is 24.2 Å². The molecule has 1 unspecified atom stereocenters. The number of methoxy groups -OCH3 is 2. The largest absolute Gasteiger partial charge is 0.496 e. The van der Waals surface area contributed by atoms with E-state index in [1.165, 1.54) is 0 Å². The van der Waals surface area contributed by atoms with Crippen LogP contribution in [0.2, 0.25) is 5.02 Å². The number of nitrogens with one attached hydrogen (secondary N) is 1. The van der Waals surface area contributed by atoms with Gasteiger partial charge in [0.15, 0.2) is 0 Å². The normalized spacial score (nSPS) is 12.4. The van der Waals surface area contributed by atoms with Crippen molar-refractivity contribution in [2.45, 2.75) is 18.9 Å². The molecule has 6 heteroatoms. The van der Waals surface area contributed by atoms with E-state index in [4.69, 9.17) is 31.7 Å². The molecule has 0 spiro atoms. The van der Waals surface area contributed by atoms with Gasteiger partial charge in [-0.15, -0.1) is 0 Å². The van der Waals surface area contributed by atoms with Gasteiger partial charge in [-0.1, -0.05) is 11.6 Å². The van der Waals surface area contributed by atoms with Crippen molar-refractivity contribution in [1.29, 1.82) is 0 Å². The van der Waals surface area contributed by atoms with Crippen LogP contribution >= 0.6 is 11.6 Å². The zero-order chi connectivity index (χ0) is 14.8. The van der Waals surface area contributed by atoms with Gasteiger partial charge in [0.05, 0.1) is 20.3 Å². The Morgan fingerprint density at radius 3 is 2.70 bits per heavy atom. The van der Waals surface area contributed by atoms with Crippen molar-refractivity contribution in [1.82, 2.24) is 5.43 Å². The number of rotatable bonds is 10. The third-order valence-electron chi connectivity index (χ3n) is 2.99. The highest BCUT2D eigenvalue weighted by Crippen LogP contribution is 2.24. The Balaban J connectivity index is 2.48. The second-order valence-electron chi connectivity index (χ2n) is 4.42. The van der Waals surface area contributed by atoms with Gasteiger partial charge in [-0.2, -0.15) is 0 Å². The summed E-state index contributed by atoms with van der Waals surface area (Å²) in [6.07, 6.45) is 1.53. The molecule has 0 amide bonds. The molecule has 20 heavy (non-hydrogen) atoms. The Bertz CT molecular complexity index is 391. The average molecular weight is 303 g/mol. The fourth-order valence-electron chi connectivity index (χ4n) is 1.89. The summed E-state index contributed by atoms with van der Waals surface area (Å²) in [4.78, 5) is 0. The molecule has 1 aromatic carbocycles. The van der Waals surface area contributed by atoms with Gasteiger partial charge in [0.25, 0.3) is 0 Å². The number of nitrogens with two attached hydrogens (primary N) is 1. The van der Waals surface area contributed by atoms with Crippen molar-refractivity contribution in [2.75, 3.05) is 34.0 Å². The van der Waals surface area contributed by atoms with Gasteiger partial charge in [-0.3, -0.25) is 11.3 Å². The van der Waals surface area contributed by atoms with Crippen molar-refractivity contribution < 1.29 is 14.2 Å². The Morgan fingerprint density at radius 2 is 2.05 bits per heavy atom. The summed E-state index contributed by atoms with van der Waals surface area (Å²) in [6.45, 7) is 1.82. The van der Waals surface area contributed by atoms with Crippen LogP contribution in [0.25, 0.3) is 0 Å². The van der Waals surface area contributed by atoms with Crippen LogP contribution < -0.4 is 16.0 Å². The van der Waals surface area contributed by atoms with Gasteiger partial charge in [-0.05, 0) is 36.6 Å². The van der Waals surface area contributed by atoms with E-state index in [9.17, 15) is 0 Å². The molecule has 5 nitrogen and oxygen atoms in total. The van der Waals surface area contributed by atoms with Crippen LogP contribution in [0.3, 0.4) is 0 Å². The van der Waals surface area contributed by atoms with E-state index in [0.29, 0.717) is 24.8 Å². The minimum atomic E-state index is 0.102. The predicted octanol–water partition coefficient (Wildman–Crippen LogP) is 1.78. The van der Waals surface area contributed by atoms with E-state index < -0.39 is 0 Å². The first-order valence-corrected chi connectivity index (χ1v) is 6.94. The lowest BCUT2D eigenvalue weighted by Crippen LogP contribution is -2.37. The summed E-state index contributed by atoms with van der Waals surface area (Å²) in [7, 11) is 3.30. The first-order chi connectivity index (χ1) is 9.71. The molecule has 0 saturated carbocycles. The maximum absolute atomic E-state index is 6.02. The summed E-state index contributed by atoms with van der Waals surface area (Å²) in [5.74, 6) is 6.40. The first kappa shape index (κ1) is 17.2. The number of halogens is 1. The van der Waals surface area contributed by atoms with Crippen LogP contribution in [0.1, 0.15) is 12.0 Å². The van der Waals surface area contributed by atoms with Crippen molar-refractivity contribution in [2.24, 2.45) is 5.84 Å². The SMILES string of the molecule is COCCOCCC(Cc1cc(Cl)ccc1OC)NN. The van der Waals surface area contributed by atoms with Crippen molar-refractivity contribution in [3.8, 4) is 5.75 Å². The van der Waals surface area contributed by atoms with Crippen LogP contribution in [0.4, 0.5) is 0 Å². The quantitative estimate of drug-likeness (QED) is 0.392. The summed E-state index contributed by atoms with van der Waals surface area (Å²) >= 11 is 6.02. The van der Waals surface area contributed by atoms with Crippen molar-refractivity contribution >= 4 is 11.6 Å². The second-order valence-corrected chi connectivity index (χ2v) is 4.85. The van der Waals surface area contributed by atoms with E-state index >= 15 is 0 Å². The molecule has 0 aromatic heterocycles. The van der Waals surface area contributed by atoms with Crippen molar-refractivity contribution in [3.05, 3.63) is 28.8 Å². The topological polar surface area (TPSA) is 65.7 Å². The van der Waals surface area contributed by atoms with Gasteiger partial charge < -0.3 is 14.2 Å². The number of hydrogen-bond acceptors (Lipinski definition) is 5. The van der Waals surface area contributed by atoms with E-state index in [-0.39, 0.29) is 6.04 Å². The first-order valence-electron chi connectivity index (χ1n) is 6.56. The highest BCUT2D eigenvalue weighted by Gasteiger charge is 2.12. The average Bonchev–Trinajstić information content (AvgIpc) is 2.46. The monoisotopic (exact) mass is 302 g/mol. The molecule has 0 aliphatic carbocycles. The maximum Gasteiger partial charge on any atom is 0.122 e. The molecule has 0 aliphatic heterocycles. The Hall–Kier alpha value is -0.850. The Labute approximate surface area is 125 Å². The van der Waals surface area contributed by atoms with Crippen LogP contribution in [0.15, 0.2) is 18.2 Å². The van der Waals surface area contributed by atoms with Gasteiger partial charge in [0.2, 0.25) is 0 Å². The lowest BCUT2D eigenvalue weighted by atomic mass is 10.0. The smallest absolute Gasteiger partial charge is 0.122 e. The maximum atomic E-state index is 6.02. The molecule has 0 aliphatic rings. The molecule has 3 N–H and O–H groups in total. The molecule has 0 fully saturated rings. The highest BCUT2D eigenvalue weighted by atomic mass is 35.5. The molecule has 0 radical (unpaired) electrons. The van der Waals surface area contributed by atoms with Crippen LogP contribution in [0.5, 0.6) is 5.75 Å². The van der Waals surface area contributed by atoms with Crippen LogP contribution in [-0.2, 0) is 15.9 Å². The molecule has 0 saturated heterocycles. The molecule has 1 atom stereocenters. The summed E-state index contributed by atoms with van der Waals surface area (Å²) < 4.78 is 15.7. The zero-order valence-corrected chi connectivity index (χ0v) is 12.8. The number of hydrogen-bond donors (Lipinski definition) is 2. The van der Waals surface area contributed by atoms with E-state index in [1.807, 2.05) is 18.2 Å².